The topological polar surface area (TPSA) is 52.5 Å². The van der Waals surface area contributed by atoms with Crippen molar-refractivity contribution < 1.29 is 0 Å². The Bertz CT molecular complexity index is 387. The Kier molecular flexibility index (Phi) is 9.20. The van der Waals surface area contributed by atoms with Gasteiger partial charge < -0.3 is 15.5 Å². The molecule has 0 spiro atoms. The maximum absolute atomic E-state index is 4.28. The van der Waals surface area contributed by atoms with Crippen LogP contribution in [0, 0.1) is 0 Å². The van der Waals surface area contributed by atoms with E-state index in [9.17, 15) is 0 Å². The van der Waals surface area contributed by atoms with Crippen molar-refractivity contribution in [1.82, 2.24) is 20.5 Å². The van der Waals surface area contributed by atoms with Crippen LogP contribution in [-0.2, 0) is 6.54 Å². The standard InChI is InChI=1S/C16H29N5/c1-4-21(5-2)13-9-8-12-19-16(17-3)20-14-15-10-6-7-11-18-15/h6-7,10-11H,4-5,8-9,12-14H2,1-3H3,(H2,17,19,20). The first-order chi connectivity index (χ1) is 10.3. The van der Waals surface area contributed by atoms with Crippen molar-refractivity contribution >= 4 is 5.96 Å². The van der Waals surface area contributed by atoms with E-state index >= 15 is 0 Å². The van der Waals surface area contributed by atoms with E-state index in [0.29, 0.717) is 6.54 Å². The van der Waals surface area contributed by atoms with E-state index in [1.54, 1.807) is 13.2 Å². The summed E-state index contributed by atoms with van der Waals surface area (Å²) in [6, 6.07) is 5.92. The predicted octanol–water partition coefficient (Wildman–Crippen LogP) is 1.87. The van der Waals surface area contributed by atoms with Gasteiger partial charge in [-0.25, -0.2) is 0 Å². The van der Waals surface area contributed by atoms with Gasteiger partial charge in [-0.15, -0.1) is 0 Å². The number of unbranched alkanes of at least 4 members (excludes halogenated alkanes) is 1. The molecule has 0 radical (unpaired) electrons. The fourth-order valence-electron chi connectivity index (χ4n) is 2.10. The Morgan fingerprint density at radius 1 is 1.19 bits per heavy atom. The molecule has 1 aromatic heterocycles. The van der Waals surface area contributed by atoms with E-state index in [1.165, 1.54) is 13.0 Å². The molecule has 21 heavy (non-hydrogen) atoms. The van der Waals surface area contributed by atoms with Crippen LogP contribution in [-0.4, -0.2) is 49.1 Å². The highest BCUT2D eigenvalue weighted by molar-refractivity contribution is 5.79. The largest absolute Gasteiger partial charge is 0.356 e. The van der Waals surface area contributed by atoms with Gasteiger partial charge in [0, 0.05) is 19.8 Å². The van der Waals surface area contributed by atoms with Gasteiger partial charge >= 0.3 is 0 Å². The molecule has 0 aliphatic rings. The fraction of sp³-hybridized carbons (Fsp3) is 0.625. The molecule has 0 atom stereocenters. The molecular formula is C16H29N5. The van der Waals surface area contributed by atoms with Gasteiger partial charge in [-0.3, -0.25) is 9.98 Å². The Labute approximate surface area is 128 Å². The zero-order valence-corrected chi connectivity index (χ0v) is 13.6. The van der Waals surface area contributed by atoms with Crippen LogP contribution >= 0.6 is 0 Å². The van der Waals surface area contributed by atoms with Crippen LogP contribution < -0.4 is 10.6 Å². The second-order valence-corrected chi connectivity index (χ2v) is 4.91. The zero-order chi connectivity index (χ0) is 15.3. The number of aromatic nitrogens is 1. The molecule has 0 aliphatic heterocycles. The Morgan fingerprint density at radius 3 is 2.62 bits per heavy atom. The summed E-state index contributed by atoms with van der Waals surface area (Å²) in [5.41, 5.74) is 1.02. The van der Waals surface area contributed by atoms with E-state index in [1.807, 2.05) is 18.2 Å². The van der Waals surface area contributed by atoms with E-state index < -0.39 is 0 Å². The Morgan fingerprint density at radius 2 is 2.00 bits per heavy atom. The second-order valence-electron chi connectivity index (χ2n) is 4.91. The van der Waals surface area contributed by atoms with Crippen molar-refractivity contribution in [2.45, 2.75) is 33.2 Å². The van der Waals surface area contributed by atoms with Crippen molar-refractivity contribution in [3.05, 3.63) is 30.1 Å². The van der Waals surface area contributed by atoms with Crippen molar-refractivity contribution in [1.29, 1.82) is 0 Å². The Hall–Kier alpha value is -1.62. The second kappa shape index (κ2) is 11.1. The van der Waals surface area contributed by atoms with Crippen LogP contribution in [0.15, 0.2) is 29.4 Å². The highest BCUT2D eigenvalue weighted by Gasteiger charge is 2.00. The lowest BCUT2D eigenvalue weighted by Gasteiger charge is -2.18. The minimum atomic E-state index is 0.694. The lowest BCUT2D eigenvalue weighted by molar-refractivity contribution is 0.297. The van der Waals surface area contributed by atoms with Crippen LogP contribution in [0.5, 0.6) is 0 Å². The first-order valence-electron chi connectivity index (χ1n) is 7.86. The summed E-state index contributed by atoms with van der Waals surface area (Å²) < 4.78 is 0. The smallest absolute Gasteiger partial charge is 0.191 e. The molecule has 0 bridgehead atoms. The van der Waals surface area contributed by atoms with E-state index in [4.69, 9.17) is 0 Å². The SMILES string of the molecule is CCN(CC)CCCCNC(=NC)NCc1ccccn1. The van der Waals surface area contributed by atoms with Crippen LogP contribution in [0.2, 0.25) is 0 Å². The quantitative estimate of drug-likeness (QED) is 0.414. The summed E-state index contributed by atoms with van der Waals surface area (Å²) in [6.45, 7) is 9.52. The third-order valence-electron chi connectivity index (χ3n) is 3.47. The lowest BCUT2D eigenvalue weighted by atomic mass is 10.3. The van der Waals surface area contributed by atoms with E-state index in [-0.39, 0.29) is 0 Å². The molecule has 5 nitrogen and oxygen atoms in total. The molecule has 5 heteroatoms. The predicted molar refractivity (Wildman–Crippen MR) is 89.5 cm³/mol. The first-order valence-corrected chi connectivity index (χ1v) is 7.86. The van der Waals surface area contributed by atoms with Gasteiger partial charge in [-0.05, 0) is 44.6 Å². The molecule has 2 N–H and O–H groups in total. The number of rotatable bonds is 9. The molecule has 1 rings (SSSR count). The molecule has 0 fully saturated rings. The molecule has 0 saturated heterocycles. The summed E-state index contributed by atoms with van der Waals surface area (Å²) in [4.78, 5) is 11.0. The minimum Gasteiger partial charge on any atom is -0.356 e. The van der Waals surface area contributed by atoms with Gasteiger partial charge in [0.2, 0.25) is 0 Å². The highest BCUT2D eigenvalue weighted by atomic mass is 15.2. The molecule has 1 heterocycles. The van der Waals surface area contributed by atoms with Crippen LogP contribution in [0.25, 0.3) is 0 Å². The summed E-state index contributed by atoms with van der Waals surface area (Å²) in [5, 5.41) is 6.62. The number of guanidine groups is 1. The van der Waals surface area contributed by atoms with Gasteiger partial charge in [0.25, 0.3) is 0 Å². The molecule has 0 saturated carbocycles. The fourth-order valence-corrected chi connectivity index (χ4v) is 2.10. The molecule has 1 aromatic rings. The van der Waals surface area contributed by atoms with Gasteiger partial charge in [0.05, 0.1) is 12.2 Å². The third kappa shape index (κ3) is 7.66. The number of hydrogen-bond donors (Lipinski definition) is 2. The highest BCUT2D eigenvalue weighted by Crippen LogP contribution is 1.94. The van der Waals surface area contributed by atoms with Crippen molar-refractivity contribution in [2.24, 2.45) is 4.99 Å². The molecule has 0 aliphatic carbocycles. The van der Waals surface area contributed by atoms with Crippen molar-refractivity contribution in [2.75, 3.05) is 33.2 Å². The third-order valence-corrected chi connectivity index (χ3v) is 3.47. The van der Waals surface area contributed by atoms with E-state index in [2.05, 4.69) is 39.4 Å². The number of hydrogen-bond acceptors (Lipinski definition) is 3. The van der Waals surface area contributed by atoms with Gasteiger partial charge in [-0.2, -0.15) is 0 Å². The van der Waals surface area contributed by atoms with Gasteiger partial charge in [0.15, 0.2) is 5.96 Å². The lowest BCUT2D eigenvalue weighted by Crippen LogP contribution is -2.37. The number of aliphatic imine (C=N–C) groups is 1. The summed E-state index contributed by atoms with van der Waals surface area (Å²) in [7, 11) is 1.80. The first kappa shape index (κ1) is 17.4. The van der Waals surface area contributed by atoms with E-state index in [0.717, 1.165) is 37.7 Å². The minimum absolute atomic E-state index is 0.694. The van der Waals surface area contributed by atoms with Crippen molar-refractivity contribution in [3.8, 4) is 0 Å². The Balaban J connectivity index is 2.14. The molecule has 0 amide bonds. The van der Waals surface area contributed by atoms with Crippen molar-refractivity contribution in [3.63, 3.8) is 0 Å². The average Bonchev–Trinajstić information content (AvgIpc) is 2.54. The van der Waals surface area contributed by atoms with Gasteiger partial charge in [0.1, 0.15) is 0 Å². The normalized spacial score (nSPS) is 11.7. The molecule has 0 aromatic carbocycles. The monoisotopic (exact) mass is 291 g/mol. The maximum atomic E-state index is 4.28. The van der Waals surface area contributed by atoms with Gasteiger partial charge in [-0.1, -0.05) is 19.9 Å². The number of nitrogens with one attached hydrogen (secondary N) is 2. The van der Waals surface area contributed by atoms with Crippen LogP contribution in [0.1, 0.15) is 32.4 Å². The zero-order valence-electron chi connectivity index (χ0n) is 13.6. The van der Waals surface area contributed by atoms with Crippen LogP contribution in [0.4, 0.5) is 0 Å². The molecular weight excluding hydrogens is 262 g/mol. The molecule has 118 valence electrons. The maximum Gasteiger partial charge on any atom is 0.191 e. The number of nitrogens with zero attached hydrogens (tertiary/aromatic N) is 3. The number of pyridine rings is 1. The molecule has 0 unspecified atom stereocenters. The summed E-state index contributed by atoms with van der Waals surface area (Å²) in [5.74, 6) is 0.837. The van der Waals surface area contributed by atoms with Crippen LogP contribution in [0.3, 0.4) is 0 Å². The average molecular weight is 291 g/mol. The summed E-state index contributed by atoms with van der Waals surface area (Å²) >= 11 is 0. The summed E-state index contributed by atoms with van der Waals surface area (Å²) in [6.07, 6.45) is 4.17.